The quantitative estimate of drug-likeness (QED) is 0.847. The molecule has 10 nitrogen and oxygen atoms in total. The standard InChI is InChI=1S/C12H14N6O4/c19-9(15-11-17-13-5-21-11)7-1-2-8(4-3-7)10(20)16-12-18-14-6-22-12/h5-8H,1-4H2,(H,15,17,19)(H,16,18,20). The molecule has 0 spiro atoms. The number of hydrogen-bond acceptors (Lipinski definition) is 8. The average molecular weight is 306 g/mol. The Labute approximate surface area is 124 Å². The third-order valence-corrected chi connectivity index (χ3v) is 3.65. The molecule has 0 saturated heterocycles. The summed E-state index contributed by atoms with van der Waals surface area (Å²) in [5, 5.41) is 19.3. The largest absolute Gasteiger partial charge is 0.411 e. The molecule has 0 atom stereocenters. The molecule has 2 aromatic rings. The summed E-state index contributed by atoms with van der Waals surface area (Å²) in [4.78, 5) is 24.1. The van der Waals surface area contributed by atoms with Crippen molar-refractivity contribution in [3.05, 3.63) is 12.8 Å². The van der Waals surface area contributed by atoms with E-state index in [1.165, 1.54) is 0 Å². The van der Waals surface area contributed by atoms with Crippen LogP contribution in [0.5, 0.6) is 0 Å². The van der Waals surface area contributed by atoms with Gasteiger partial charge in [-0.2, -0.15) is 0 Å². The monoisotopic (exact) mass is 306 g/mol. The summed E-state index contributed by atoms with van der Waals surface area (Å²) in [6.45, 7) is 0. The first-order valence-corrected chi connectivity index (χ1v) is 6.86. The zero-order chi connectivity index (χ0) is 15.4. The lowest BCUT2D eigenvalue weighted by Gasteiger charge is -2.26. The summed E-state index contributed by atoms with van der Waals surface area (Å²) in [6, 6.07) is 0.169. The molecule has 1 saturated carbocycles. The van der Waals surface area contributed by atoms with Crippen LogP contribution in [0, 0.1) is 11.8 Å². The van der Waals surface area contributed by atoms with Crippen molar-refractivity contribution < 1.29 is 18.4 Å². The Bertz CT molecular complexity index is 562. The molecule has 2 N–H and O–H groups in total. The van der Waals surface area contributed by atoms with Crippen molar-refractivity contribution in [3.63, 3.8) is 0 Å². The number of amides is 2. The zero-order valence-electron chi connectivity index (χ0n) is 11.6. The maximum atomic E-state index is 12.0. The summed E-state index contributed by atoms with van der Waals surface area (Å²) in [7, 11) is 0. The molecule has 0 aromatic carbocycles. The molecule has 0 radical (unpaired) electrons. The van der Waals surface area contributed by atoms with Crippen LogP contribution < -0.4 is 10.6 Å². The lowest BCUT2D eigenvalue weighted by molar-refractivity contribution is -0.125. The molecule has 3 rings (SSSR count). The number of nitrogens with zero attached hydrogens (tertiary/aromatic N) is 4. The molecule has 1 aliphatic rings. The van der Waals surface area contributed by atoms with Gasteiger partial charge in [-0.05, 0) is 25.7 Å². The number of carbonyl (C=O) groups excluding carboxylic acids is 2. The predicted molar refractivity (Wildman–Crippen MR) is 71.3 cm³/mol. The van der Waals surface area contributed by atoms with Crippen LogP contribution in [0.2, 0.25) is 0 Å². The Hall–Kier alpha value is -2.78. The molecular formula is C12H14N6O4. The van der Waals surface area contributed by atoms with E-state index in [1.807, 2.05) is 0 Å². The molecule has 0 aliphatic heterocycles. The van der Waals surface area contributed by atoms with E-state index >= 15 is 0 Å². The van der Waals surface area contributed by atoms with Gasteiger partial charge in [0.2, 0.25) is 24.6 Å². The molecule has 1 aliphatic carbocycles. The van der Waals surface area contributed by atoms with Crippen molar-refractivity contribution in [2.75, 3.05) is 10.6 Å². The van der Waals surface area contributed by atoms with Gasteiger partial charge >= 0.3 is 12.0 Å². The first kappa shape index (κ1) is 14.2. The normalized spacial score (nSPS) is 21.3. The second-order valence-corrected chi connectivity index (χ2v) is 5.01. The number of rotatable bonds is 4. The molecule has 22 heavy (non-hydrogen) atoms. The van der Waals surface area contributed by atoms with Gasteiger partial charge in [-0.15, -0.1) is 10.2 Å². The first-order chi connectivity index (χ1) is 10.7. The second-order valence-electron chi connectivity index (χ2n) is 5.01. The number of nitrogens with one attached hydrogen (secondary N) is 2. The van der Waals surface area contributed by atoms with E-state index in [1.54, 1.807) is 0 Å². The Morgan fingerprint density at radius 3 is 1.59 bits per heavy atom. The van der Waals surface area contributed by atoms with Crippen LogP contribution in [-0.2, 0) is 9.59 Å². The van der Waals surface area contributed by atoms with Crippen LogP contribution in [0.25, 0.3) is 0 Å². The van der Waals surface area contributed by atoms with Crippen LogP contribution in [0.1, 0.15) is 25.7 Å². The molecular weight excluding hydrogens is 292 g/mol. The van der Waals surface area contributed by atoms with E-state index in [-0.39, 0.29) is 35.7 Å². The van der Waals surface area contributed by atoms with Gasteiger partial charge in [0.25, 0.3) is 0 Å². The van der Waals surface area contributed by atoms with Gasteiger partial charge in [0, 0.05) is 11.8 Å². The van der Waals surface area contributed by atoms with Gasteiger partial charge < -0.3 is 8.83 Å². The summed E-state index contributed by atoms with van der Waals surface area (Å²) >= 11 is 0. The molecule has 116 valence electrons. The van der Waals surface area contributed by atoms with Gasteiger partial charge in [0.15, 0.2) is 0 Å². The summed E-state index contributed by atoms with van der Waals surface area (Å²) in [5.41, 5.74) is 0. The predicted octanol–water partition coefficient (Wildman–Crippen LogP) is 0.836. The van der Waals surface area contributed by atoms with Crippen molar-refractivity contribution in [1.29, 1.82) is 0 Å². The van der Waals surface area contributed by atoms with Gasteiger partial charge in [0.1, 0.15) is 0 Å². The summed E-state index contributed by atoms with van der Waals surface area (Å²) < 4.78 is 9.74. The van der Waals surface area contributed by atoms with Gasteiger partial charge in [0.05, 0.1) is 0 Å². The van der Waals surface area contributed by atoms with Crippen molar-refractivity contribution in [3.8, 4) is 0 Å². The fourth-order valence-corrected chi connectivity index (χ4v) is 2.49. The van der Waals surface area contributed by atoms with Gasteiger partial charge in [-0.25, -0.2) is 0 Å². The van der Waals surface area contributed by atoms with Crippen LogP contribution >= 0.6 is 0 Å². The third kappa shape index (κ3) is 3.27. The molecule has 10 heteroatoms. The molecule has 1 fully saturated rings. The third-order valence-electron chi connectivity index (χ3n) is 3.65. The van der Waals surface area contributed by atoms with Crippen LogP contribution in [0.3, 0.4) is 0 Å². The fraction of sp³-hybridized carbons (Fsp3) is 0.500. The maximum absolute atomic E-state index is 12.0. The smallest absolute Gasteiger partial charge is 0.322 e. The van der Waals surface area contributed by atoms with Crippen molar-refractivity contribution in [2.45, 2.75) is 25.7 Å². The van der Waals surface area contributed by atoms with Gasteiger partial charge in [-0.1, -0.05) is 10.2 Å². The summed E-state index contributed by atoms with van der Waals surface area (Å²) in [6.07, 6.45) is 4.75. The zero-order valence-corrected chi connectivity index (χ0v) is 11.6. The van der Waals surface area contributed by atoms with E-state index < -0.39 is 0 Å². The Kier molecular flexibility index (Phi) is 4.08. The van der Waals surface area contributed by atoms with Gasteiger partial charge in [-0.3, -0.25) is 20.2 Å². The van der Waals surface area contributed by atoms with Crippen molar-refractivity contribution in [2.24, 2.45) is 11.8 Å². The highest BCUT2D eigenvalue weighted by molar-refractivity contribution is 5.92. The van der Waals surface area contributed by atoms with Crippen LogP contribution in [0.4, 0.5) is 12.0 Å². The minimum Gasteiger partial charge on any atom is -0.411 e. The Balaban J connectivity index is 1.47. The van der Waals surface area contributed by atoms with Crippen LogP contribution in [-0.4, -0.2) is 32.2 Å². The maximum Gasteiger partial charge on any atom is 0.322 e. The Morgan fingerprint density at radius 2 is 1.27 bits per heavy atom. The van der Waals surface area contributed by atoms with E-state index in [0.29, 0.717) is 25.7 Å². The fourth-order valence-electron chi connectivity index (χ4n) is 2.49. The molecule has 0 unspecified atom stereocenters. The lowest BCUT2D eigenvalue weighted by Crippen LogP contribution is -2.32. The van der Waals surface area contributed by atoms with E-state index in [9.17, 15) is 9.59 Å². The topological polar surface area (TPSA) is 136 Å². The molecule has 0 bridgehead atoms. The highest BCUT2D eigenvalue weighted by Gasteiger charge is 2.30. The average Bonchev–Trinajstić information content (AvgIpc) is 3.21. The highest BCUT2D eigenvalue weighted by Crippen LogP contribution is 2.30. The second kappa shape index (κ2) is 6.33. The summed E-state index contributed by atoms with van der Waals surface area (Å²) in [5.74, 6) is -0.668. The molecule has 2 heterocycles. The first-order valence-electron chi connectivity index (χ1n) is 6.86. The number of carbonyl (C=O) groups is 2. The van der Waals surface area contributed by atoms with Crippen molar-refractivity contribution >= 4 is 23.8 Å². The number of anilines is 2. The lowest BCUT2D eigenvalue weighted by atomic mass is 9.81. The van der Waals surface area contributed by atoms with E-state index in [0.717, 1.165) is 12.8 Å². The minimum atomic E-state index is -0.167. The van der Waals surface area contributed by atoms with E-state index in [4.69, 9.17) is 8.83 Å². The molecule has 2 aromatic heterocycles. The highest BCUT2D eigenvalue weighted by atomic mass is 16.4. The SMILES string of the molecule is O=C(Nc1nnco1)C1CCC(C(=O)Nc2nnco2)CC1. The van der Waals surface area contributed by atoms with E-state index in [2.05, 4.69) is 31.0 Å². The van der Waals surface area contributed by atoms with Crippen molar-refractivity contribution in [1.82, 2.24) is 20.4 Å². The number of hydrogen-bond donors (Lipinski definition) is 2. The minimum absolute atomic E-state index is 0.0845. The number of aromatic nitrogens is 4. The van der Waals surface area contributed by atoms with Crippen LogP contribution in [0.15, 0.2) is 21.6 Å². The Morgan fingerprint density at radius 1 is 0.864 bits per heavy atom. The molecule has 2 amide bonds.